The molecule has 226 valence electrons. The molecule has 3 aromatic carbocycles. The first kappa shape index (κ1) is 28.2. The number of hydrogen-bond acceptors (Lipinski definition) is 7. The second-order valence-electron chi connectivity index (χ2n) is 12.1. The van der Waals surface area contributed by atoms with Gasteiger partial charge in [0.1, 0.15) is 23.8 Å². The van der Waals surface area contributed by atoms with Crippen LogP contribution in [0.3, 0.4) is 0 Å². The Labute approximate surface area is 254 Å². The molecule has 0 saturated carbocycles. The topological polar surface area (TPSA) is 139 Å². The summed E-state index contributed by atoms with van der Waals surface area (Å²) < 4.78 is 8.31. The number of carbonyl (C=O) groups is 3. The van der Waals surface area contributed by atoms with Crippen molar-refractivity contribution in [2.75, 3.05) is 11.9 Å². The monoisotopic (exact) mass is 594 g/mol. The van der Waals surface area contributed by atoms with Crippen LogP contribution < -0.4 is 10.6 Å². The average molecular weight is 595 g/mol. The SMILES string of the molecule is C[C@@]12CCC3(O1)C(C(=O)NCn1nnc4ccccc41)N([C@@H](CO)Cc1ccccc1)C(=O)[C@@H]3[C@@H]2C(=O)Nc1ccccc1. The molecule has 0 aliphatic carbocycles. The summed E-state index contributed by atoms with van der Waals surface area (Å²) in [6, 6.07) is 24.3. The number of anilines is 1. The van der Waals surface area contributed by atoms with Crippen molar-refractivity contribution in [2.45, 2.75) is 56.1 Å². The van der Waals surface area contributed by atoms with E-state index in [0.717, 1.165) is 11.1 Å². The van der Waals surface area contributed by atoms with Gasteiger partial charge in [-0.2, -0.15) is 0 Å². The molecule has 11 nitrogen and oxygen atoms in total. The second kappa shape index (κ2) is 10.8. The van der Waals surface area contributed by atoms with E-state index < -0.39 is 41.0 Å². The Morgan fingerprint density at radius 2 is 1.70 bits per heavy atom. The van der Waals surface area contributed by atoms with Crippen molar-refractivity contribution in [2.24, 2.45) is 11.8 Å². The summed E-state index contributed by atoms with van der Waals surface area (Å²) in [5, 5.41) is 24.9. The Morgan fingerprint density at radius 3 is 2.45 bits per heavy atom. The van der Waals surface area contributed by atoms with E-state index in [1.165, 1.54) is 4.90 Å². The zero-order valence-corrected chi connectivity index (χ0v) is 24.3. The minimum absolute atomic E-state index is 0.0241. The molecule has 3 amide bonds. The molecule has 44 heavy (non-hydrogen) atoms. The van der Waals surface area contributed by atoms with Gasteiger partial charge in [-0.25, -0.2) is 4.68 Å². The lowest BCUT2D eigenvalue weighted by Crippen LogP contribution is -2.58. The number of ether oxygens (including phenoxy) is 1. The lowest BCUT2D eigenvalue weighted by atomic mass is 9.66. The summed E-state index contributed by atoms with van der Waals surface area (Å²) in [5.74, 6) is -2.82. The third-order valence-corrected chi connectivity index (χ3v) is 9.53. The first-order valence-electron chi connectivity index (χ1n) is 14.9. The number of aliphatic hydroxyl groups is 1. The highest BCUT2D eigenvalue weighted by Crippen LogP contribution is 2.63. The smallest absolute Gasteiger partial charge is 0.247 e. The Morgan fingerprint density at radius 1 is 1.00 bits per heavy atom. The molecule has 3 aliphatic heterocycles. The summed E-state index contributed by atoms with van der Waals surface area (Å²) in [6.45, 7) is 1.52. The lowest BCUT2D eigenvalue weighted by Gasteiger charge is -2.37. The first-order valence-corrected chi connectivity index (χ1v) is 14.9. The maximum atomic E-state index is 14.5. The molecule has 6 atom stereocenters. The fraction of sp³-hybridized carbons (Fsp3) is 0.364. The number of nitrogens with zero attached hydrogens (tertiary/aromatic N) is 4. The Bertz CT molecular complexity index is 1710. The zero-order chi connectivity index (χ0) is 30.5. The Balaban J connectivity index is 1.24. The molecule has 2 unspecified atom stereocenters. The van der Waals surface area contributed by atoms with Crippen LogP contribution in [0.2, 0.25) is 0 Å². The molecule has 0 radical (unpaired) electrons. The Hall–Kier alpha value is -4.61. The number of benzene rings is 3. The van der Waals surface area contributed by atoms with Crippen molar-refractivity contribution in [1.82, 2.24) is 25.2 Å². The van der Waals surface area contributed by atoms with Gasteiger partial charge in [0.05, 0.1) is 35.6 Å². The highest BCUT2D eigenvalue weighted by Gasteiger charge is 2.78. The third kappa shape index (κ3) is 4.46. The number of amides is 3. The van der Waals surface area contributed by atoms with Crippen LogP contribution in [0.5, 0.6) is 0 Å². The minimum Gasteiger partial charge on any atom is -0.394 e. The number of para-hydroxylation sites is 2. The van der Waals surface area contributed by atoms with Crippen molar-refractivity contribution in [3.63, 3.8) is 0 Å². The fourth-order valence-electron chi connectivity index (χ4n) is 7.62. The molecule has 1 aromatic heterocycles. The first-order chi connectivity index (χ1) is 21.3. The van der Waals surface area contributed by atoms with Crippen LogP contribution in [0, 0.1) is 11.8 Å². The average Bonchev–Trinajstić information content (AvgIpc) is 3.75. The number of fused-ring (bicyclic) bond motifs is 2. The van der Waals surface area contributed by atoms with E-state index in [9.17, 15) is 19.5 Å². The molecule has 3 saturated heterocycles. The molecule has 1 spiro atoms. The minimum atomic E-state index is -1.23. The third-order valence-electron chi connectivity index (χ3n) is 9.53. The summed E-state index contributed by atoms with van der Waals surface area (Å²) in [5.41, 5.74) is 0.816. The number of likely N-dealkylation sites (tertiary alicyclic amines) is 1. The van der Waals surface area contributed by atoms with E-state index in [2.05, 4.69) is 20.9 Å². The highest BCUT2D eigenvalue weighted by atomic mass is 16.5. The van der Waals surface area contributed by atoms with E-state index in [4.69, 9.17) is 4.74 Å². The number of aromatic nitrogens is 3. The summed E-state index contributed by atoms with van der Waals surface area (Å²) in [7, 11) is 0. The standard InChI is InChI=1S/C33H34N6O5/c1-32-16-17-33(44-32)27(26(32)29(41)35-22-12-6-3-7-13-22)31(43)39(23(19-40)18-21-10-4-2-5-11-21)28(33)30(42)34-20-38-25-15-9-8-14-24(25)36-37-38/h2-15,23,26-28,40H,16-20H2,1H3,(H,34,42)(H,35,41)/t23-,26-,27+,28?,32+,33?/m1/s1. The van der Waals surface area contributed by atoms with Gasteiger partial charge in [-0.05, 0) is 56.0 Å². The molecule has 4 aromatic rings. The van der Waals surface area contributed by atoms with Crippen molar-refractivity contribution >= 4 is 34.4 Å². The largest absolute Gasteiger partial charge is 0.394 e. The van der Waals surface area contributed by atoms with Crippen LogP contribution in [0.15, 0.2) is 84.9 Å². The summed E-state index contributed by atoms with van der Waals surface area (Å²) >= 11 is 0. The van der Waals surface area contributed by atoms with Crippen LogP contribution in [-0.2, 0) is 32.2 Å². The van der Waals surface area contributed by atoms with Gasteiger partial charge >= 0.3 is 0 Å². The van der Waals surface area contributed by atoms with E-state index in [0.29, 0.717) is 30.5 Å². The molecule has 3 N–H and O–H groups in total. The molecular weight excluding hydrogens is 560 g/mol. The quantitative estimate of drug-likeness (QED) is 0.271. The van der Waals surface area contributed by atoms with Gasteiger partial charge in [-0.3, -0.25) is 14.4 Å². The molecule has 3 aliphatic rings. The van der Waals surface area contributed by atoms with Gasteiger partial charge in [0, 0.05) is 5.69 Å². The molecule has 4 heterocycles. The van der Waals surface area contributed by atoms with Crippen LogP contribution in [-0.4, -0.2) is 72.6 Å². The van der Waals surface area contributed by atoms with Gasteiger partial charge in [0.15, 0.2) is 0 Å². The predicted molar refractivity (Wildman–Crippen MR) is 161 cm³/mol. The predicted octanol–water partition coefficient (Wildman–Crippen LogP) is 2.51. The van der Waals surface area contributed by atoms with Gasteiger partial charge in [-0.1, -0.05) is 65.9 Å². The van der Waals surface area contributed by atoms with Crippen LogP contribution in [0.1, 0.15) is 25.3 Å². The highest BCUT2D eigenvalue weighted by molar-refractivity contribution is 6.02. The summed E-state index contributed by atoms with van der Waals surface area (Å²) in [4.78, 5) is 44.2. The maximum Gasteiger partial charge on any atom is 0.247 e. The van der Waals surface area contributed by atoms with Crippen LogP contribution >= 0.6 is 0 Å². The van der Waals surface area contributed by atoms with E-state index in [1.807, 2.05) is 79.7 Å². The fourth-order valence-corrected chi connectivity index (χ4v) is 7.62. The van der Waals surface area contributed by atoms with Gasteiger partial charge in [0.2, 0.25) is 17.7 Å². The molecular formula is C33H34N6O5. The zero-order valence-electron chi connectivity index (χ0n) is 24.3. The number of carbonyl (C=O) groups excluding carboxylic acids is 3. The second-order valence-corrected chi connectivity index (χ2v) is 12.1. The lowest BCUT2D eigenvalue weighted by molar-refractivity contribution is -0.149. The molecule has 11 heteroatoms. The van der Waals surface area contributed by atoms with Crippen LogP contribution in [0.25, 0.3) is 11.0 Å². The van der Waals surface area contributed by atoms with Crippen molar-refractivity contribution in [3.8, 4) is 0 Å². The van der Waals surface area contributed by atoms with Crippen molar-refractivity contribution < 1.29 is 24.2 Å². The normalized spacial score (nSPS) is 27.8. The number of rotatable bonds is 9. The molecule has 2 bridgehead atoms. The van der Waals surface area contributed by atoms with Gasteiger partial charge in [0.25, 0.3) is 0 Å². The van der Waals surface area contributed by atoms with Gasteiger partial charge < -0.3 is 25.4 Å². The van der Waals surface area contributed by atoms with Crippen molar-refractivity contribution in [1.29, 1.82) is 0 Å². The number of hydrogen-bond donors (Lipinski definition) is 3. The number of aliphatic hydroxyl groups excluding tert-OH is 1. The van der Waals surface area contributed by atoms with E-state index in [1.54, 1.807) is 16.8 Å². The van der Waals surface area contributed by atoms with E-state index >= 15 is 0 Å². The Kier molecular flexibility index (Phi) is 6.94. The van der Waals surface area contributed by atoms with Gasteiger partial charge in [-0.15, -0.1) is 5.10 Å². The van der Waals surface area contributed by atoms with Crippen LogP contribution in [0.4, 0.5) is 5.69 Å². The summed E-state index contributed by atoms with van der Waals surface area (Å²) in [6.07, 6.45) is 1.28. The molecule has 3 fully saturated rings. The van der Waals surface area contributed by atoms with Crippen molar-refractivity contribution in [3.05, 3.63) is 90.5 Å². The number of nitrogens with one attached hydrogen (secondary N) is 2. The maximum absolute atomic E-state index is 14.5. The molecule has 7 rings (SSSR count). The van der Waals surface area contributed by atoms with E-state index in [-0.39, 0.29) is 25.1 Å².